The third-order valence-electron chi connectivity index (χ3n) is 2.49. The average Bonchev–Trinajstić information content (AvgIpc) is 2.11. The van der Waals surface area contributed by atoms with Crippen LogP contribution in [0.15, 0.2) is 0 Å². The van der Waals surface area contributed by atoms with Crippen LogP contribution < -0.4 is 0 Å². The van der Waals surface area contributed by atoms with Crippen molar-refractivity contribution in [1.82, 2.24) is 0 Å². The van der Waals surface area contributed by atoms with Crippen LogP contribution in [-0.4, -0.2) is 22.3 Å². The Bertz CT molecular complexity index is 207. The number of unbranched alkanes of at least 4 members (excludes halogenated alkanes) is 3. The molecule has 0 amide bonds. The zero-order chi connectivity index (χ0) is 11.2. The predicted molar refractivity (Wildman–Crippen MR) is 55.1 cm³/mol. The number of rotatable bonds is 7. The fourth-order valence-corrected chi connectivity index (χ4v) is 1.15. The summed E-state index contributed by atoms with van der Waals surface area (Å²) in [5.41, 5.74) is -1.77. The van der Waals surface area contributed by atoms with Crippen LogP contribution in [0.1, 0.15) is 52.9 Å². The van der Waals surface area contributed by atoms with Crippen molar-refractivity contribution >= 4 is 11.6 Å². The lowest BCUT2D eigenvalue weighted by molar-refractivity contribution is -0.147. The highest BCUT2D eigenvalue weighted by atomic mass is 16.3. The second kappa shape index (κ2) is 5.91. The topological polar surface area (TPSA) is 54.4 Å². The van der Waals surface area contributed by atoms with Crippen LogP contribution >= 0.6 is 0 Å². The monoisotopic (exact) mass is 200 g/mol. The Morgan fingerprint density at radius 2 is 1.79 bits per heavy atom. The van der Waals surface area contributed by atoms with Gasteiger partial charge in [-0.1, -0.05) is 26.2 Å². The van der Waals surface area contributed by atoms with Gasteiger partial charge in [0.05, 0.1) is 0 Å². The van der Waals surface area contributed by atoms with Gasteiger partial charge in [0.25, 0.3) is 0 Å². The molecule has 0 saturated heterocycles. The molecule has 1 atom stereocenters. The van der Waals surface area contributed by atoms with Crippen molar-refractivity contribution in [2.45, 2.75) is 58.5 Å². The number of carbonyl (C=O) groups excluding carboxylic acids is 2. The largest absolute Gasteiger partial charge is 0.375 e. The second-order valence-electron chi connectivity index (χ2n) is 3.86. The first-order valence-corrected chi connectivity index (χ1v) is 5.19. The van der Waals surface area contributed by atoms with Crippen LogP contribution in [0.3, 0.4) is 0 Å². The summed E-state index contributed by atoms with van der Waals surface area (Å²) in [5, 5.41) is 9.52. The number of aliphatic hydroxyl groups is 1. The van der Waals surface area contributed by atoms with E-state index in [1.807, 2.05) is 0 Å². The summed E-state index contributed by atoms with van der Waals surface area (Å²) >= 11 is 0. The molecule has 0 rings (SSSR count). The lowest BCUT2D eigenvalue weighted by atomic mass is 9.93. The summed E-state index contributed by atoms with van der Waals surface area (Å²) in [4.78, 5) is 22.3. The maximum atomic E-state index is 11.4. The Kier molecular flexibility index (Phi) is 5.62. The van der Waals surface area contributed by atoms with Gasteiger partial charge in [0.15, 0.2) is 17.2 Å². The lowest BCUT2D eigenvalue weighted by Crippen LogP contribution is -2.42. The zero-order valence-corrected chi connectivity index (χ0v) is 9.30. The third-order valence-corrected chi connectivity index (χ3v) is 2.49. The molecular weight excluding hydrogens is 180 g/mol. The molecule has 1 N–H and O–H groups in total. The molecule has 3 nitrogen and oxygen atoms in total. The van der Waals surface area contributed by atoms with E-state index in [0.717, 1.165) is 25.7 Å². The van der Waals surface area contributed by atoms with Crippen molar-refractivity contribution in [2.24, 2.45) is 0 Å². The molecule has 0 aliphatic rings. The summed E-state index contributed by atoms with van der Waals surface area (Å²) in [6, 6.07) is 0. The molecule has 0 aliphatic carbocycles. The first-order chi connectivity index (χ1) is 6.42. The predicted octanol–water partition coefficient (Wildman–Crippen LogP) is 1.87. The van der Waals surface area contributed by atoms with Gasteiger partial charge >= 0.3 is 0 Å². The molecule has 0 bridgehead atoms. The zero-order valence-electron chi connectivity index (χ0n) is 9.30. The van der Waals surface area contributed by atoms with Crippen molar-refractivity contribution < 1.29 is 14.7 Å². The van der Waals surface area contributed by atoms with E-state index in [2.05, 4.69) is 6.92 Å². The van der Waals surface area contributed by atoms with Crippen LogP contribution in [0.25, 0.3) is 0 Å². The smallest absolute Gasteiger partial charge is 0.177 e. The molecule has 0 radical (unpaired) electrons. The highest BCUT2D eigenvalue weighted by Crippen LogP contribution is 2.12. The summed E-state index contributed by atoms with van der Waals surface area (Å²) in [5.74, 6) is -0.834. The minimum Gasteiger partial charge on any atom is -0.375 e. The molecule has 0 aliphatic heterocycles. The molecule has 0 unspecified atom stereocenters. The normalized spacial score (nSPS) is 14.9. The van der Waals surface area contributed by atoms with Gasteiger partial charge in [-0.05, 0) is 20.3 Å². The molecular formula is C11H20O3. The van der Waals surface area contributed by atoms with Crippen LogP contribution in [0.5, 0.6) is 0 Å². The average molecular weight is 200 g/mol. The Morgan fingerprint density at radius 1 is 1.21 bits per heavy atom. The SMILES string of the molecule is CCCCCCC(=O)[C@@](C)(O)C(C)=O. The number of ketones is 2. The van der Waals surface area contributed by atoms with E-state index in [1.54, 1.807) is 0 Å². The van der Waals surface area contributed by atoms with Crippen LogP contribution in [-0.2, 0) is 9.59 Å². The Hall–Kier alpha value is -0.700. The third kappa shape index (κ3) is 4.01. The van der Waals surface area contributed by atoms with Gasteiger partial charge < -0.3 is 5.11 Å². The van der Waals surface area contributed by atoms with E-state index < -0.39 is 11.4 Å². The van der Waals surface area contributed by atoms with E-state index in [4.69, 9.17) is 0 Å². The highest BCUT2D eigenvalue weighted by Gasteiger charge is 2.34. The van der Waals surface area contributed by atoms with Gasteiger partial charge in [-0.15, -0.1) is 0 Å². The van der Waals surface area contributed by atoms with Gasteiger partial charge in [0.2, 0.25) is 0 Å². The van der Waals surface area contributed by atoms with Gasteiger partial charge in [-0.25, -0.2) is 0 Å². The Morgan fingerprint density at radius 3 is 2.21 bits per heavy atom. The fourth-order valence-electron chi connectivity index (χ4n) is 1.15. The maximum absolute atomic E-state index is 11.4. The molecule has 82 valence electrons. The molecule has 0 fully saturated rings. The standard InChI is InChI=1S/C11H20O3/c1-4-5-6-7-8-10(13)11(3,14)9(2)12/h14H,4-8H2,1-3H3/t11-/m0/s1. The number of carbonyl (C=O) groups is 2. The lowest BCUT2D eigenvalue weighted by Gasteiger charge is -2.17. The van der Waals surface area contributed by atoms with Crippen molar-refractivity contribution in [3.05, 3.63) is 0 Å². The molecule has 0 aromatic rings. The number of hydrogen-bond donors (Lipinski definition) is 1. The molecule has 0 aromatic carbocycles. The summed E-state index contributed by atoms with van der Waals surface area (Å²) in [7, 11) is 0. The quantitative estimate of drug-likeness (QED) is 0.504. The number of Topliss-reactive ketones (excluding diaryl/α,β-unsaturated/α-hetero) is 2. The van der Waals surface area contributed by atoms with E-state index in [0.29, 0.717) is 6.42 Å². The molecule has 0 spiro atoms. The summed E-state index contributed by atoms with van der Waals surface area (Å²) in [6.45, 7) is 4.61. The number of hydrogen-bond acceptors (Lipinski definition) is 3. The minimum absolute atomic E-state index is 0.298. The van der Waals surface area contributed by atoms with Crippen LogP contribution in [0.2, 0.25) is 0 Å². The molecule has 0 saturated carbocycles. The minimum atomic E-state index is -1.77. The van der Waals surface area contributed by atoms with Crippen LogP contribution in [0.4, 0.5) is 0 Å². The van der Waals surface area contributed by atoms with Crippen molar-refractivity contribution in [2.75, 3.05) is 0 Å². The van der Waals surface area contributed by atoms with E-state index in [-0.39, 0.29) is 5.78 Å². The van der Waals surface area contributed by atoms with Crippen LogP contribution in [0, 0.1) is 0 Å². The fraction of sp³-hybridized carbons (Fsp3) is 0.818. The first kappa shape index (κ1) is 13.3. The summed E-state index contributed by atoms with van der Waals surface area (Å²) in [6.07, 6.45) is 4.24. The molecule has 3 heteroatoms. The van der Waals surface area contributed by atoms with Gasteiger partial charge in [0, 0.05) is 6.42 Å². The van der Waals surface area contributed by atoms with E-state index in [1.165, 1.54) is 13.8 Å². The molecule has 0 aromatic heterocycles. The first-order valence-electron chi connectivity index (χ1n) is 5.19. The van der Waals surface area contributed by atoms with E-state index >= 15 is 0 Å². The Balaban J connectivity index is 3.90. The van der Waals surface area contributed by atoms with Crippen molar-refractivity contribution in [3.63, 3.8) is 0 Å². The van der Waals surface area contributed by atoms with Gasteiger partial charge in [-0.2, -0.15) is 0 Å². The van der Waals surface area contributed by atoms with Crippen molar-refractivity contribution in [1.29, 1.82) is 0 Å². The molecule has 0 heterocycles. The van der Waals surface area contributed by atoms with Gasteiger partial charge in [0.1, 0.15) is 0 Å². The summed E-state index contributed by atoms with van der Waals surface area (Å²) < 4.78 is 0. The van der Waals surface area contributed by atoms with Gasteiger partial charge in [-0.3, -0.25) is 9.59 Å². The maximum Gasteiger partial charge on any atom is 0.177 e. The highest BCUT2D eigenvalue weighted by molar-refractivity contribution is 6.08. The van der Waals surface area contributed by atoms with E-state index in [9.17, 15) is 14.7 Å². The Labute approximate surface area is 85.5 Å². The second-order valence-corrected chi connectivity index (χ2v) is 3.86. The van der Waals surface area contributed by atoms with Crippen molar-refractivity contribution in [3.8, 4) is 0 Å². The molecule has 14 heavy (non-hydrogen) atoms.